The lowest BCUT2D eigenvalue weighted by molar-refractivity contribution is -0.398. The van der Waals surface area contributed by atoms with Gasteiger partial charge in [0.15, 0.2) is 62.9 Å². The number of aliphatic carboxylic acids is 1. The highest BCUT2D eigenvalue weighted by atomic mass is 16.8. The van der Waals surface area contributed by atoms with Crippen molar-refractivity contribution in [2.24, 2.45) is 0 Å². The molecule has 11 rings (SSSR count). The fourth-order valence-electron chi connectivity index (χ4n) is 19.1. The van der Waals surface area contributed by atoms with Crippen LogP contribution in [-0.2, 0) is 138 Å². The molecule has 0 spiro atoms. The van der Waals surface area contributed by atoms with Gasteiger partial charge in [-0.15, -0.1) is 0 Å². The number of rotatable bonds is 40. The standard InChI is InChI=1S/C83H137N7O58/c1-20-46(107)59(120)62(123)78(131-20)128-18-38-67(55(116)40(72(125)132-38)85-22(3)99)143-75-43(88-25(6)102)58(119)66(35(16-97)136-75)144-79-63(124)69(52(113)36(140-79)17-129-80-70(60(121)49(110)31(12-93)134-80)146-76-44(89-26(7)103)56(117)64(33(14-95)137-76)141-73-41(86-23(4)100)53(114)48(109)30(11-92)133-73)145-81-71(61(122)50(111)32(13-94)135-81)147-77-45(90-27(8)104)57(118)65(34(15-96)138-77)142-74-42(87-24(5)101)54(115)51(112)37(139-74)19-130-83(82(126)127)9-28(105)39(84-21(2)98)68(148-83)47(108)29(106)10-91/h20,28-81,91-97,105-125H,9-19H2,1-8H3,(H,84,98)(H,85,99)(H,86,100)(H,87,101)(H,88,102)(H,89,103)(H,90,104)(H,126,127)/t20-,28-,29+,30+,31+,32+,33+,34+,35+,36+,37+,38+,39+,40+,41+,42+,43+,44+,45-,46+,47+,48-,49+,50+,51-,52+,53+,54+,55+,56+,57+,58+,59+,60-,61-,62-,63-,64+,65+,66+,67+,68+,69-,70-,71-,72?,73-,74-,75-,76-,77-,78+,79-,80-,81+,83+/m0/s1. The average Bonchev–Trinajstić information content (AvgIpc) is 0.763. The molecule has 11 saturated heterocycles. The second-order valence-electron chi connectivity index (χ2n) is 37.5. The fraction of sp³-hybridized carbons (Fsp3) is 0.904. The molecule has 36 N–H and O–H groups in total. The van der Waals surface area contributed by atoms with Crippen LogP contribution in [0.15, 0.2) is 0 Å². The number of hydrogen-bond donors (Lipinski definition) is 36. The molecule has 11 aliphatic rings. The molecule has 148 heavy (non-hydrogen) atoms. The van der Waals surface area contributed by atoms with Crippen molar-refractivity contribution >= 4 is 47.3 Å². The van der Waals surface area contributed by atoms with Crippen LogP contribution < -0.4 is 37.2 Å². The molecule has 65 nitrogen and oxygen atoms in total. The number of ether oxygens (including phenoxy) is 21. The molecule has 852 valence electrons. The number of carbonyl (C=O) groups excluding carboxylic acids is 7. The van der Waals surface area contributed by atoms with Gasteiger partial charge in [-0.25, -0.2) is 4.79 Å². The third-order valence-corrected chi connectivity index (χ3v) is 26.7. The zero-order valence-electron chi connectivity index (χ0n) is 80.3. The molecule has 0 aliphatic carbocycles. The van der Waals surface area contributed by atoms with Gasteiger partial charge < -0.3 is 285 Å². The Balaban J connectivity index is 0.924. The van der Waals surface area contributed by atoms with Gasteiger partial charge >= 0.3 is 5.97 Å². The first-order valence-electron chi connectivity index (χ1n) is 47.1. The minimum Gasteiger partial charge on any atom is -0.477 e. The Hall–Kier alpha value is -6.20. The van der Waals surface area contributed by atoms with Crippen LogP contribution >= 0.6 is 0 Å². The third-order valence-electron chi connectivity index (χ3n) is 26.7. The van der Waals surface area contributed by atoms with E-state index in [-0.39, 0.29) is 0 Å². The maximum Gasteiger partial charge on any atom is 0.364 e. The molecule has 0 aromatic rings. The minimum atomic E-state index is -3.14. The summed E-state index contributed by atoms with van der Waals surface area (Å²) in [4.78, 5) is 103. The predicted octanol–water partition coefficient (Wildman–Crippen LogP) is -23.7. The molecule has 11 heterocycles. The Morgan fingerprint density at radius 2 is 0.601 bits per heavy atom. The Morgan fingerprint density at radius 3 is 1.01 bits per heavy atom. The Kier molecular flexibility index (Phi) is 43.7. The number of carbonyl (C=O) groups is 8. The molecule has 0 radical (unpaired) electrons. The Morgan fingerprint density at radius 1 is 0.291 bits per heavy atom. The first-order valence-corrected chi connectivity index (χ1v) is 47.1. The van der Waals surface area contributed by atoms with Crippen molar-refractivity contribution in [3.8, 4) is 0 Å². The van der Waals surface area contributed by atoms with Gasteiger partial charge in [0.25, 0.3) is 5.79 Å². The summed E-state index contributed by atoms with van der Waals surface area (Å²) in [7, 11) is 0. The second kappa shape index (κ2) is 53.0. The van der Waals surface area contributed by atoms with Gasteiger partial charge in [0.2, 0.25) is 41.4 Å². The van der Waals surface area contributed by atoms with Crippen LogP contribution in [0.1, 0.15) is 61.8 Å². The van der Waals surface area contributed by atoms with Gasteiger partial charge in [-0.2, -0.15) is 0 Å². The number of carboxylic acids is 1. The monoisotopic (exact) mass is 2160 g/mol. The topological polar surface area (TPSA) is 1000 Å². The van der Waals surface area contributed by atoms with Crippen molar-refractivity contribution in [1.82, 2.24) is 37.2 Å². The fourth-order valence-corrected chi connectivity index (χ4v) is 19.1. The average molecular weight is 2160 g/mol. The van der Waals surface area contributed by atoms with Crippen molar-refractivity contribution in [2.75, 3.05) is 66.1 Å². The van der Waals surface area contributed by atoms with Crippen molar-refractivity contribution in [3.05, 3.63) is 0 Å². The summed E-state index contributed by atoms with van der Waals surface area (Å²) in [5, 5.41) is 346. The highest BCUT2D eigenvalue weighted by molar-refractivity contribution is 5.77. The summed E-state index contributed by atoms with van der Waals surface area (Å²) in [6, 6.07) is -13.5. The van der Waals surface area contributed by atoms with Gasteiger partial charge in [-0.05, 0) is 6.92 Å². The van der Waals surface area contributed by atoms with E-state index in [1.54, 1.807) is 0 Å². The Labute approximate surface area is 838 Å². The number of aliphatic hydroxyl groups excluding tert-OH is 28. The van der Waals surface area contributed by atoms with Crippen molar-refractivity contribution in [3.63, 3.8) is 0 Å². The molecular weight excluding hydrogens is 2020 g/mol. The van der Waals surface area contributed by atoms with Crippen LogP contribution in [-0.4, -0.2) is 604 Å². The highest BCUT2D eigenvalue weighted by Gasteiger charge is 2.64. The molecule has 11 fully saturated rings. The predicted molar refractivity (Wildman–Crippen MR) is 459 cm³/mol. The van der Waals surface area contributed by atoms with E-state index in [1.807, 2.05) is 0 Å². The molecule has 7 amide bonds. The number of aliphatic hydroxyl groups is 28. The van der Waals surface area contributed by atoms with Crippen LogP contribution in [0.5, 0.6) is 0 Å². The number of nitrogens with one attached hydrogen (secondary N) is 7. The summed E-state index contributed by atoms with van der Waals surface area (Å²) in [5.41, 5.74) is 0. The first-order chi connectivity index (χ1) is 69.7. The van der Waals surface area contributed by atoms with E-state index in [2.05, 4.69) is 37.2 Å². The maximum absolute atomic E-state index is 13.4. The lowest BCUT2D eigenvalue weighted by Gasteiger charge is -2.51. The highest BCUT2D eigenvalue weighted by Crippen LogP contribution is 2.43. The SMILES string of the molecule is CC(=O)N[C@@H]1[C@H](O[C@@H]2[C@@H](O[C@@H]3[C@H](O)[C@H](O[C@H]4[C@H](O)[C@@H](NC(C)=O)[C@H](O[C@H]5[C@H](O)[C@@H](NC(C)=O)C(O)O[C@@H]5CO[C@@H]5O[C@@H](C)[C@@H](O)[C@@H](O)[C@@H]5O)O[C@@H]4CO)O[C@H](CO[C@H]4O[C@H](CO)[C@@H](O)[C@H](O)[C@@H]4O[C@@H]4O[C@H](CO)[C@@H](O[C@@H]5O[C@H](CO)[C@H](O)[C@H](O)[C@H]5NC(C)=O)[C@H](O)[C@H]4NC(C)=O)[C@H]3O)O[C@H](CO)[C@@H](O)[C@@H]2O)O[C@H](CO)[C@@H](O[C@@H]2O[C@H](CO[C@]3(C(=O)O)C[C@H](O)[C@@H](NC(C)=O)[C@H]([C@H](O)[C@H](O)CO)O3)[C@H](O)[C@H](O)[C@H]2NC(C)=O)[C@@H]1O. The summed E-state index contributed by atoms with van der Waals surface area (Å²) in [6.07, 6.45) is -105. The number of carboxylic acid groups (broad SMARTS) is 1. The van der Waals surface area contributed by atoms with Crippen molar-refractivity contribution in [2.45, 2.75) is 405 Å². The largest absolute Gasteiger partial charge is 0.477 e. The zero-order valence-corrected chi connectivity index (χ0v) is 80.3. The molecule has 0 aromatic carbocycles. The van der Waals surface area contributed by atoms with E-state index in [1.165, 1.54) is 6.92 Å². The van der Waals surface area contributed by atoms with Crippen LogP contribution in [0.3, 0.4) is 0 Å². The zero-order chi connectivity index (χ0) is 109. The summed E-state index contributed by atoms with van der Waals surface area (Å²) in [6.45, 7) is -4.17. The summed E-state index contributed by atoms with van der Waals surface area (Å²) >= 11 is 0. The molecular formula is C83H137N7O58. The summed E-state index contributed by atoms with van der Waals surface area (Å²) < 4.78 is 127. The normalized spacial score (nSPS) is 46.5. The van der Waals surface area contributed by atoms with Crippen molar-refractivity contribution in [1.29, 1.82) is 0 Å². The van der Waals surface area contributed by atoms with Crippen molar-refractivity contribution < 1.29 is 286 Å². The molecule has 11 aliphatic heterocycles. The van der Waals surface area contributed by atoms with Gasteiger partial charge in [-0.3, -0.25) is 33.6 Å². The second-order valence-corrected chi connectivity index (χ2v) is 37.5. The maximum atomic E-state index is 13.4. The molecule has 1 unspecified atom stereocenters. The minimum absolute atomic E-state index is 0.835. The molecule has 56 atom stereocenters. The van der Waals surface area contributed by atoms with E-state index in [0.717, 1.165) is 48.5 Å². The van der Waals surface area contributed by atoms with E-state index in [4.69, 9.17) is 99.5 Å². The van der Waals surface area contributed by atoms with Crippen LogP contribution in [0.25, 0.3) is 0 Å². The Bertz CT molecular complexity index is 4280. The smallest absolute Gasteiger partial charge is 0.364 e. The lowest BCUT2D eigenvalue weighted by atomic mass is 9.88. The lowest BCUT2D eigenvalue weighted by Crippen LogP contribution is -2.71. The van der Waals surface area contributed by atoms with Crippen LogP contribution in [0.4, 0.5) is 0 Å². The van der Waals surface area contributed by atoms with Crippen LogP contribution in [0.2, 0.25) is 0 Å². The third kappa shape index (κ3) is 27.7. The van der Waals surface area contributed by atoms with Gasteiger partial charge in [0.1, 0.15) is 256 Å². The van der Waals surface area contributed by atoms with E-state index in [0.29, 0.717) is 0 Å². The van der Waals surface area contributed by atoms with E-state index < -0.39 is 463 Å². The molecule has 0 aromatic heterocycles. The van der Waals surface area contributed by atoms with E-state index >= 15 is 0 Å². The summed E-state index contributed by atoms with van der Waals surface area (Å²) in [5.74, 6) is -11.9. The first kappa shape index (κ1) is 122. The van der Waals surface area contributed by atoms with Gasteiger partial charge in [0, 0.05) is 54.9 Å². The molecule has 0 saturated carbocycles. The van der Waals surface area contributed by atoms with E-state index in [9.17, 15) is 186 Å². The molecule has 65 heteroatoms. The number of hydrogen-bond acceptors (Lipinski definition) is 57. The molecule has 0 bridgehead atoms. The number of amides is 7. The van der Waals surface area contributed by atoms with Crippen LogP contribution in [0, 0.1) is 0 Å². The van der Waals surface area contributed by atoms with Gasteiger partial charge in [-0.1, -0.05) is 0 Å². The van der Waals surface area contributed by atoms with Gasteiger partial charge in [0.05, 0.1) is 84.3 Å². The quantitative estimate of drug-likeness (QED) is 0.0271.